The number of urea groups is 1. The Morgan fingerprint density at radius 2 is 1.56 bits per heavy atom. The third kappa shape index (κ3) is 8.97. The van der Waals surface area contributed by atoms with Crippen LogP contribution in [0.15, 0.2) is 0 Å². The van der Waals surface area contributed by atoms with E-state index in [1.165, 1.54) is 4.90 Å². The summed E-state index contributed by atoms with van der Waals surface area (Å²) in [7, 11) is 0. The predicted molar refractivity (Wildman–Crippen MR) is 166 cm³/mol. The minimum absolute atomic E-state index is 0.0135. The van der Waals surface area contributed by atoms with Gasteiger partial charge in [0.2, 0.25) is 17.6 Å². The molecule has 0 aromatic carbocycles. The number of hydrogen-bond donors (Lipinski definition) is 4. The number of nitrogens with two attached hydrogens (primary N) is 1. The van der Waals surface area contributed by atoms with E-state index < -0.39 is 64.6 Å². The molecule has 0 aromatic heterocycles. The summed E-state index contributed by atoms with van der Waals surface area (Å²) in [6, 6.07) is -3.57. The van der Waals surface area contributed by atoms with Crippen molar-refractivity contribution >= 4 is 35.5 Å². The number of hydrogen-bond acceptors (Lipinski definition) is 7. The number of nitrogens with zero attached hydrogens (tertiary/aromatic N) is 1. The summed E-state index contributed by atoms with van der Waals surface area (Å²) in [6.45, 7) is 10.2. The maximum absolute atomic E-state index is 14.3. The molecule has 1 saturated heterocycles. The smallest absolute Gasteiger partial charge is 0.331 e. The maximum atomic E-state index is 14.3. The highest BCUT2D eigenvalue weighted by Crippen LogP contribution is 2.36. The van der Waals surface area contributed by atoms with Crippen molar-refractivity contribution < 1.29 is 33.5 Å². The van der Waals surface area contributed by atoms with Crippen molar-refractivity contribution in [3.63, 3.8) is 0 Å². The van der Waals surface area contributed by atoms with Gasteiger partial charge in [-0.3, -0.25) is 19.2 Å². The van der Waals surface area contributed by atoms with Crippen LogP contribution in [0, 0.1) is 29.1 Å². The topological polar surface area (TPSA) is 177 Å². The number of primary amides is 1. The van der Waals surface area contributed by atoms with Gasteiger partial charge in [0.05, 0.1) is 12.6 Å². The number of nitrogens with one attached hydrogen (secondary N) is 3. The van der Waals surface area contributed by atoms with Crippen LogP contribution >= 0.6 is 0 Å². The van der Waals surface area contributed by atoms with Crippen LogP contribution in [0.2, 0.25) is 0 Å². The minimum Gasteiger partial charge on any atom is -0.464 e. The highest BCUT2D eigenvalue weighted by molar-refractivity contribution is 6.37. The summed E-state index contributed by atoms with van der Waals surface area (Å²) in [6.07, 6.45) is 8.09. The van der Waals surface area contributed by atoms with Crippen LogP contribution in [-0.4, -0.2) is 77.2 Å². The molecular weight excluding hydrogens is 578 g/mol. The lowest BCUT2D eigenvalue weighted by Crippen LogP contribution is -2.64. The fourth-order valence-corrected chi connectivity index (χ4v) is 6.55. The molecule has 4 fully saturated rings. The van der Waals surface area contributed by atoms with Gasteiger partial charge in [-0.1, -0.05) is 66.7 Å². The number of carbonyl (C=O) groups excluding carboxylic acids is 6. The molecule has 3 aliphatic carbocycles. The summed E-state index contributed by atoms with van der Waals surface area (Å²) in [5.41, 5.74) is 3.39. The number of carbonyl (C=O) groups is 6. The van der Waals surface area contributed by atoms with Crippen LogP contribution in [-0.2, 0) is 28.7 Å². The van der Waals surface area contributed by atoms with Gasteiger partial charge in [0.1, 0.15) is 17.6 Å². The monoisotopic (exact) mass is 631 g/mol. The second-order valence-electron chi connectivity index (χ2n) is 15.3. The average Bonchev–Trinajstić information content (AvgIpc) is 3.91. The molecule has 1 unspecified atom stereocenters. The van der Waals surface area contributed by atoms with Gasteiger partial charge < -0.3 is 31.3 Å². The van der Waals surface area contributed by atoms with Crippen LogP contribution in [0.3, 0.4) is 0 Å². The lowest BCUT2D eigenvalue weighted by Gasteiger charge is -2.38. The van der Waals surface area contributed by atoms with E-state index in [2.05, 4.69) is 16.0 Å². The van der Waals surface area contributed by atoms with Gasteiger partial charge in [-0.05, 0) is 67.6 Å². The Labute approximate surface area is 266 Å². The van der Waals surface area contributed by atoms with Crippen LogP contribution < -0.4 is 21.7 Å². The molecule has 252 valence electrons. The van der Waals surface area contributed by atoms with Gasteiger partial charge in [-0.25, -0.2) is 9.59 Å². The number of likely N-dealkylation sites (tertiary alicyclic amines) is 1. The lowest BCUT2D eigenvalue weighted by atomic mass is 9.81. The molecule has 4 rings (SSSR count). The molecule has 12 nitrogen and oxygen atoms in total. The molecule has 3 saturated carbocycles. The number of rotatable bonds is 13. The summed E-state index contributed by atoms with van der Waals surface area (Å²) in [5.74, 6) is -2.48. The minimum atomic E-state index is -1.15. The Morgan fingerprint density at radius 3 is 2.09 bits per heavy atom. The van der Waals surface area contributed by atoms with Crippen LogP contribution in [0.1, 0.15) is 105 Å². The quantitative estimate of drug-likeness (QED) is 0.178. The summed E-state index contributed by atoms with van der Waals surface area (Å²) in [5, 5.41) is 8.49. The first-order valence-corrected chi connectivity index (χ1v) is 16.8. The molecule has 5 N–H and O–H groups in total. The van der Waals surface area contributed by atoms with Gasteiger partial charge in [0, 0.05) is 6.54 Å². The molecular formula is C33H53N5O7. The normalized spacial score (nSPS) is 24.4. The van der Waals surface area contributed by atoms with Gasteiger partial charge >= 0.3 is 12.0 Å². The molecule has 5 amide bonds. The molecule has 4 aliphatic rings. The van der Waals surface area contributed by atoms with E-state index in [9.17, 15) is 28.8 Å². The highest BCUT2D eigenvalue weighted by Gasteiger charge is 2.48. The van der Waals surface area contributed by atoms with Gasteiger partial charge in [0.15, 0.2) is 0 Å². The first-order chi connectivity index (χ1) is 21.1. The molecule has 4 atom stereocenters. The molecule has 0 aromatic rings. The van der Waals surface area contributed by atoms with Gasteiger partial charge in [0.25, 0.3) is 5.91 Å². The zero-order chi connectivity index (χ0) is 33.1. The fraction of sp³-hybridized carbons (Fsp3) is 0.818. The van der Waals surface area contributed by atoms with E-state index in [0.29, 0.717) is 44.8 Å². The van der Waals surface area contributed by atoms with Crippen molar-refractivity contribution in [2.45, 2.75) is 129 Å². The summed E-state index contributed by atoms with van der Waals surface area (Å²) < 4.78 is 5.62. The molecule has 0 bridgehead atoms. The largest absolute Gasteiger partial charge is 0.464 e. The van der Waals surface area contributed by atoms with Crippen molar-refractivity contribution in [1.29, 1.82) is 0 Å². The van der Waals surface area contributed by atoms with Crippen LogP contribution in [0.25, 0.3) is 0 Å². The Morgan fingerprint density at radius 1 is 0.933 bits per heavy atom. The molecule has 0 spiro atoms. The number of Topliss-reactive ketones (excluding diaryl/α,β-unsaturated/α-hetero) is 1. The number of ketones is 1. The van der Waals surface area contributed by atoms with E-state index >= 15 is 0 Å². The van der Waals surface area contributed by atoms with Crippen molar-refractivity contribution in [2.75, 3.05) is 13.2 Å². The second-order valence-corrected chi connectivity index (χ2v) is 15.3. The molecule has 0 radical (unpaired) electrons. The van der Waals surface area contributed by atoms with Crippen LogP contribution in [0.4, 0.5) is 4.79 Å². The number of ether oxygens (including phenoxy) is 1. The van der Waals surface area contributed by atoms with Gasteiger partial charge in [-0.15, -0.1) is 0 Å². The number of amides is 5. The third-order valence-corrected chi connectivity index (χ3v) is 9.99. The Bertz CT molecular complexity index is 1150. The Hall–Kier alpha value is -3.18. The summed E-state index contributed by atoms with van der Waals surface area (Å²) >= 11 is 0. The highest BCUT2D eigenvalue weighted by atomic mass is 16.5. The molecule has 45 heavy (non-hydrogen) atoms. The lowest BCUT2D eigenvalue weighted by molar-refractivity contribution is -0.153. The van der Waals surface area contributed by atoms with E-state index in [1.807, 2.05) is 34.6 Å². The third-order valence-electron chi connectivity index (χ3n) is 9.99. The van der Waals surface area contributed by atoms with Crippen molar-refractivity contribution in [1.82, 2.24) is 20.9 Å². The van der Waals surface area contributed by atoms with E-state index in [1.54, 1.807) is 0 Å². The standard InChI is InChI=1S/C33H53N5O7/c1-19(2)22-16-24(28(41)35-23(15-20-9-10-20)25(39)27(34)40)38(17-22)29(42)26(32(3,4)5)36-31(44)37-33(13-7-6-8-14-33)30(43)45-18-21-11-12-21/h19-24,26H,6-18H2,1-5H3,(H2,34,40)(H,35,41)(H2,36,37,44)/t22-,23?,24+,26-/m1/s1. The van der Waals surface area contributed by atoms with Crippen molar-refractivity contribution in [3.8, 4) is 0 Å². The van der Waals surface area contributed by atoms with E-state index in [-0.39, 0.29) is 17.8 Å². The van der Waals surface area contributed by atoms with Crippen LogP contribution in [0.5, 0.6) is 0 Å². The zero-order valence-electron chi connectivity index (χ0n) is 27.6. The second kappa shape index (κ2) is 14.1. The number of esters is 1. The Balaban J connectivity index is 1.50. The first kappa shape index (κ1) is 34.7. The molecule has 1 heterocycles. The zero-order valence-corrected chi connectivity index (χ0v) is 27.6. The predicted octanol–water partition coefficient (Wildman–Crippen LogP) is 2.57. The molecule has 12 heteroatoms. The average molecular weight is 632 g/mol. The first-order valence-electron chi connectivity index (χ1n) is 16.8. The van der Waals surface area contributed by atoms with Gasteiger partial charge in [-0.2, -0.15) is 0 Å². The van der Waals surface area contributed by atoms with E-state index in [0.717, 1.165) is 44.9 Å². The maximum Gasteiger partial charge on any atom is 0.331 e. The Kier molecular flexibility index (Phi) is 10.8. The fourth-order valence-electron chi connectivity index (χ4n) is 6.55. The SMILES string of the molecule is CC(C)[C@@H]1C[C@@H](C(=O)NC(CC2CC2)C(=O)C(N)=O)N(C(=O)[C@@H](NC(=O)NC2(C(=O)OCC3CC3)CCCCC2)C(C)(C)C)C1. The summed E-state index contributed by atoms with van der Waals surface area (Å²) in [4.78, 5) is 80.6. The van der Waals surface area contributed by atoms with E-state index in [4.69, 9.17) is 10.5 Å². The van der Waals surface area contributed by atoms with Crippen molar-refractivity contribution in [2.24, 2.45) is 34.8 Å². The molecule has 1 aliphatic heterocycles. The van der Waals surface area contributed by atoms with Crippen molar-refractivity contribution in [3.05, 3.63) is 0 Å².